The molecule has 1 aromatic carbocycles. The fraction of sp³-hybridized carbons (Fsp3) is 0.733. The third-order valence-corrected chi connectivity index (χ3v) is 6.90. The van der Waals surface area contributed by atoms with Crippen molar-refractivity contribution in [1.29, 1.82) is 0 Å². The lowest BCUT2D eigenvalue weighted by atomic mass is 10.0. The van der Waals surface area contributed by atoms with E-state index in [1.807, 2.05) is 6.08 Å². The molecule has 33 heavy (non-hydrogen) atoms. The van der Waals surface area contributed by atoms with E-state index < -0.39 is 0 Å². The van der Waals surface area contributed by atoms with Crippen molar-refractivity contribution in [2.75, 3.05) is 20.4 Å². The maximum atomic E-state index is 6.05. The summed E-state index contributed by atoms with van der Waals surface area (Å²) in [5, 5.41) is 0. The Morgan fingerprint density at radius 2 is 1.39 bits per heavy atom. The second kappa shape index (κ2) is 17.9. The van der Waals surface area contributed by atoms with Gasteiger partial charge in [-0.2, -0.15) is 0 Å². The number of ether oxygens (including phenoxy) is 2. The van der Waals surface area contributed by atoms with Crippen LogP contribution in [0.4, 0.5) is 0 Å². The highest BCUT2D eigenvalue weighted by Crippen LogP contribution is 2.36. The van der Waals surface area contributed by atoms with Crippen LogP contribution in [0.2, 0.25) is 0 Å². The molecule has 0 aliphatic carbocycles. The van der Waals surface area contributed by atoms with Gasteiger partial charge in [-0.3, -0.25) is 4.90 Å². The fourth-order valence-electron chi connectivity index (χ4n) is 4.91. The second-order valence-corrected chi connectivity index (χ2v) is 9.91. The first-order valence-electron chi connectivity index (χ1n) is 13.9. The number of methoxy groups -OCH3 is 1. The summed E-state index contributed by atoms with van der Waals surface area (Å²) >= 11 is 0. The van der Waals surface area contributed by atoms with Gasteiger partial charge in [0, 0.05) is 18.7 Å². The number of fused-ring (bicyclic) bond motifs is 1. The van der Waals surface area contributed by atoms with Gasteiger partial charge in [-0.1, -0.05) is 115 Å². The van der Waals surface area contributed by atoms with Crippen LogP contribution in [0.15, 0.2) is 24.8 Å². The minimum atomic E-state index is 0.670. The zero-order chi connectivity index (χ0) is 23.6. The molecule has 1 aromatic rings. The van der Waals surface area contributed by atoms with E-state index in [9.17, 15) is 0 Å². The summed E-state index contributed by atoms with van der Waals surface area (Å²) in [6, 6.07) is 4.32. The van der Waals surface area contributed by atoms with Gasteiger partial charge in [0.1, 0.15) is 6.73 Å². The molecule has 0 atom stereocenters. The zero-order valence-corrected chi connectivity index (χ0v) is 21.8. The van der Waals surface area contributed by atoms with E-state index in [1.54, 1.807) is 7.11 Å². The Morgan fingerprint density at radius 3 is 1.91 bits per heavy atom. The van der Waals surface area contributed by atoms with Crippen LogP contribution in [0.3, 0.4) is 0 Å². The van der Waals surface area contributed by atoms with Crippen LogP contribution in [0.1, 0.15) is 121 Å². The summed E-state index contributed by atoms with van der Waals surface area (Å²) in [5.74, 6) is 1.78. The van der Waals surface area contributed by atoms with E-state index in [4.69, 9.17) is 9.47 Å². The Kier molecular flexibility index (Phi) is 15.1. The normalized spacial score (nSPS) is 13.5. The summed E-state index contributed by atoms with van der Waals surface area (Å²) in [6.45, 7) is 8.90. The minimum Gasteiger partial charge on any atom is -0.493 e. The highest BCUT2D eigenvalue weighted by molar-refractivity contribution is 5.50. The first-order chi connectivity index (χ1) is 16.3. The van der Waals surface area contributed by atoms with Gasteiger partial charge in [0.25, 0.3) is 0 Å². The Balaban J connectivity index is 1.45. The Labute approximate surface area is 204 Å². The van der Waals surface area contributed by atoms with Gasteiger partial charge in [0.05, 0.1) is 7.11 Å². The highest BCUT2D eigenvalue weighted by atomic mass is 16.5. The average Bonchev–Trinajstić information content (AvgIpc) is 2.83. The topological polar surface area (TPSA) is 21.7 Å². The maximum absolute atomic E-state index is 6.05. The molecule has 188 valence electrons. The number of nitrogens with zero attached hydrogens (tertiary/aromatic N) is 1. The molecule has 1 heterocycles. The quantitative estimate of drug-likeness (QED) is 0.144. The molecule has 0 spiro atoms. The highest BCUT2D eigenvalue weighted by Gasteiger charge is 2.21. The average molecular weight is 458 g/mol. The first kappa shape index (κ1) is 27.8. The third kappa shape index (κ3) is 11.5. The maximum Gasteiger partial charge on any atom is 0.167 e. The van der Waals surface area contributed by atoms with Crippen LogP contribution in [-0.2, 0) is 13.0 Å². The van der Waals surface area contributed by atoms with Crippen LogP contribution in [-0.4, -0.2) is 25.3 Å². The molecule has 1 aliphatic heterocycles. The molecule has 0 radical (unpaired) electrons. The summed E-state index contributed by atoms with van der Waals surface area (Å²) in [7, 11) is 1.72. The lowest BCUT2D eigenvalue weighted by molar-refractivity contribution is 0.0900. The van der Waals surface area contributed by atoms with Gasteiger partial charge in [0.2, 0.25) is 0 Å². The number of hydrogen-bond donors (Lipinski definition) is 0. The van der Waals surface area contributed by atoms with E-state index in [0.717, 1.165) is 31.0 Å². The molecule has 0 aromatic heterocycles. The number of unbranched alkanes of at least 4 members (excludes halogenated alkanes) is 15. The van der Waals surface area contributed by atoms with Gasteiger partial charge in [-0.15, -0.1) is 6.58 Å². The van der Waals surface area contributed by atoms with Crippen LogP contribution < -0.4 is 9.47 Å². The predicted octanol–water partition coefficient (Wildman–Crippen LogP) is 8.84. The van der Waals surface area contributed by atoms with Gasteiger partial charge in [-0.05, 0) is 24.5 Å². The van der Waals surface area contributed by atoms with Gasteiger partial charge < -0.3 is 9.47 Å². The molecule has 1 aliphatic rings. The molecule has 3 nitrogen and oxygen atoms in total. The molecular formula is C30H51NO2. The summed E-state index contributed by atoms with van der Waals surface area (Å²) in [6.07, 6.45) is 25.4. The van der Waals surface area contributed by atoms with E-state index in [2.05, 4.69) is 30.5 Å². The van der Waals surface area contributed by atoms with Crippen LogP contribution >= 0.6 is 0 Å². The molecule has 2 rings (SSSR count). The van der Waals surface area contributed by atoms with E-state index in [1.165, 1.54) is 114 Å². The number of hydrogen-bond acceptors (Lipinski definition) is 3. The SMILES string of the molecule is C=CCc1cc2c(c(OC)c1)OCN(CCCCCCCCCCCCCCCCCC)C2. The first-order valence-corrected chi connectivity index (χ1v) is 13.9. The number of allylic oxidation sites excluding steroid dienone is 1. The Bertz CT molecular complexity index is 642. The van der Waals surface area contributed by atoms with Crippen LogP contribution in [0.25, 0.3) is 0 Å². The van der Waals surface area contributed by atoms with Crippen molar-refractivity contribution in [2.45, 2.75) is 123 Å². The summed E-state index contributed by atoms with van der Waals surface area (Å²) in [5.41, 5.74) is 2.49. The van der Waals surface area contributed by atoms with Gasteiger partial charge >= 0.3 is 0 Å². The summed E-state index contributed by atoms with van der Waals surface area (Å²) in [4.78, 5) is 2.42. The number of benzene rings is 1. The lowest BCUT2D eigenvalue weighted by Crippen LogP contribution is -2.33. The third-order valence-electron chi connectivity index (χ3n) is 6.90. The van der Waals surface area contributed by atoms with E-state index >= 15 is 0 Å². The van der Waals surface area contributed by atoms with Crippen molar-refractivity contribution < 1.29 is 9.47 Å². The predicted molar refractivity (Wildman–Crippen MR) is 142 cm³/mol. The second-order valence-electron chi connectivity index (χ2n) is 9.91. The molecule has 3 heteroatoms. The smallest absolute Gasteiger partial charge is 0.167 e. The molecule has 0 fully saturated rings. The Hall–Kier alpha value is -1.48. The van der Waals surface area contributed by atoms with Crippen molar-refractivity contribution in [3.8, 4) is 11.5 Å². The standard InChI is InChI=1S/C30H51NO2/c1-4-6-7-8-9-10-11-12-13-14-15-16-17-18-19-20-22-31-25-28-23-27(21-5-2)24-29(32-3)30(28)33-26-31/h5,23-24H,2,4,6-22,25-26H2,1,3H3. The van der Waals surface area contributed by atoms with Crippen molar-refractivity contribution >= 4 is 0 Å². The van der Waals surface area contributed by atoms with Crippen LogP contribution in [0, 0.1) is 0 Å². The fourth-order valence-corrected chi connectivity index (χ4v) is 4.91. The summed E-state index contributed by atoms with van der Waals surface area (Å²) < 4.78 is 11.6. The van der Waals surface area contributed by atoms with Gasteiger partial charge in [0.15, 0.2) is 11.5 Å². The van der Waals surface area contributed by atoms with E-state index in [-0.39, 0.29) is 0 Å². The molecule has 0 bridgehead atoms. The molecule has 0 amide bonds. The molecule has 0 N–H and O–H groups in total. The van der Waals surface area contributed by atoms with Crippen molar-refractivity contribution in [3.05, 3.63) is 35.9 Å². The largest absolute Gasteiger partial charge is 0.493 e. The van der Waals surface area contributed by atoms with Crippen molar-refractivity contribution in [2.24, 2.45) is 0 Å². The lowest BCUT2D eigenvalue weighted by Gasteiger charge is -2.30. The monoisotopic (exact) mass is 457 g/mol. The zero-order valence-electron chi connectivity index (χ0n) is 21.8. The van der Waals surface area contributed by atoms with Crippen molar-refractivity contribution in [1.82, 2.24) is 4.90 Å². The molecule has 0 unspecified atom stereocenters. The van der Waals surface area contributed by atoms with Gasteiger partial charge in [-0.25, -0.2) is 0 Å². The molecular weight excluding hydrogens is 406 g/mol. The van der Waals surface area contributed by atoms with E-state index in [0.29, 0.717) is 6.73 Å². The Morgan fingerprint density at radius 1 is 0.848 bits per heavy atom. The molecule has 0 saturated carbocycles. The van der Waals surface area contributed by atoms with Crippen LogP contribution in [0.5, 0.6) is 11.5 Å². The number of rotatable bonds is 20. The molecule has 0 saturated heterocycles. The van der Waals surface area contributed by atoms with Crippen molar-refractivity contribution in [3.63, 3.8) is 0 Å². The minimum absolute atomic E-state index is 0.670.